The van der Waals surface area contributed by atoms with E-state index in [0.29, 0.717) is 6.04 Å². The molecule has 0 bridgehead atoms. The fourth-order valence-corrected chi connectivity index (χ4v) is 1.77. The number of rotatable bonds is 5. The lowest BCUT2D eigenvalue weighted by Crippen LogP contribution is -2.18. The summed E-state index contributed by atoms with van der Waals surface area (Å²) >= 11 is 0. The number of nitrogens with one attached hydrogen (secondary N) is 2. The molecule has 2 rings (SSSR count). The normalized spacial score (nSPS) is 12.4. The first-order valence-corrected chi connectivity index (χ1v) is 5.79. The molecule has 0 amide bonds. The van der Waals surface area contributed by atoms with Gasteiger partial charge in [-0.05, 0) is 36.8 Å². The van der Waals surface area contributed by atoms with Crippen molar-refractivity contribution in [2.45, 2.75) is 19.5 Å². The van der Waals surface area contributed by atoms with E-state index in [4.69, 9.17) is 4.74 Å². The smallest absolute Gasteiger partial charge is 0.119 e. The third-order valence-corrected chi connectivity index (χ3v) is 2.85. The Balaban J connectivity index is 1.96. The second-order valence-corrected chi connectivity index (χ2v) is 4.07. The number of methoxy groups -OCH3 is 1. The molecule has 0 aliphatic rings. The maximum absolute atomic E-state index is 5.22. The third-order valence-electron chi connectivity index (χ3n) is 2.85. The number of hydrogen-bond donors (Lipinski definition) is 2. The van der Waals surface area contributed by atoms with Crippen LogP contribution in [0.4, 0.5) is 0 Å². The molecule has 0 saturated heterocycles. The van der Waals surface area contributed by atoms with Gasteiger partial charge in [0.25, 0.3) is 0 Å². The van der Waals surface area contributed by atoms with E-state index in [1.165, 1.54) is 11.3 Å². The van der Waals surface area contributed by atoms with Gasteiger partial charge in [0.1, 0.15) is 5.75 Å². The predicted molar refractivity (Wildman–Crippen MR) is 69.0 cm³/mol. The van der Waals surface area contributed by atoms with Crippen LogP contribution in [-0.2, 0) is 6.54 Å². The number of ether oxygens (including phenoxy) is 1. The average molecular weight is 230 g/mol. The molecule has 1 aromatic heterocycles. The molecular weight excluding hydrogens is 212 g/mol. The first kappa shape index (κ1) is 11.7. The van der Waals surface area contributed by atoms with Crippen molar-refractivity contribution >= 4 is 0 Å². The molecule has 90 valence electrons. The number of aromatic amines is 1. The summed E-state index contributed by atoms with van der Waals surface area (Å²) < 4.78 is 5.22. The first-order valence-electron chi connectivity index (χ1n) is 5.79. The van der Waals surface area contributed by atoms with Crippen LogP contribution in [0, 0.1) is 0 Å². The zero-order valence-corrected chi connectivity index (χ0v) is 10.2. The molecule has 1 atom stereocenters. The van der Waals surface area contributed by atoms with Crippen molar-refractivity contribution in [1.29, 1.82) is 0 Å². The van der Waals surface area contributed by atoms with Crippen LogP contribution in [0.15, 0.2) is 42.6 Å². The molecular formula is C14H18N2O. The molecule has 3 heteroatoms. The minimum Gasteiger partial charge on any atom is -0.497 e. The van der Waals surface area contributed by atoms with Gasteiger partial charge in [0.05, 0.1) is 7.11 Å². The molecule has 0 aliphatic carbocycles. The Morgan fingerprint density at radius 1 is 1.29 bits per heavy atom. The Labute approximate surface area is 102 Å². The van der Waals surface area contributed by atoms with Gasteiger partial charge >= 0.3 is 0 Å². The summed E-state index contributed by atoms with van der Waals surface area (Å²) in [6.45, 7) is 2.99. The van der Waals surface area contributed by atoms with Crippen LogP contribution < -0.4 is 10.1 Å². The Morgan fingerprint density at radius 2 is 2.18 bits per heavy atom. The molecule has 1 aromatic carbocycles. The van der Waals surface area contributed by atoms with Gasteiger partial charge < -0.3 is 15.0 Å². The van der Waals surface area contributed by atoms with E-state index < -0.39 is 0 Å². The fraction of sp³-hybridized carbons (Fsp3) is 0.286. The third kappa shape index (κ3) is 3.11. The average Bonchev–Trinajstić information content (AvgIpc) is 2.89. The maximum Gasteiger partial charge on any atom is 0.119 e. The molecule has 0 unspecified atom stereocenters. The van der Waals surface area contributed by atoms with Crippen LogP contribution in [0.2, 0.25) is 0 Å². The predicted octanol–water partition coefficient (Wildman–Crippen LogP) is 2.87. The van der Waals surface area contributed by atoms with Crippen LogP contribution in [0.3, 0.4) is 0 Å². The summed E-state index contributed by atoms with van der Waals surface area (Å²) in [5.74, 6) is 0.899. The van der Waals surface area contributed by atoms with Gasteiger partial charge in [-0.3, -0.25) is 0 Å². The molecule has 1 heterocycles. The van der Waals surface area contributed by atoms with Crippen molar-refractivity contribution < 1.29 is 4.74 Å². The minimum atomic E-state index is 0.299. The van der Waals surface area contributed by atoms with Crippen molar-refractivity contribution in [3.63, 3.8) is 0 Å². The van der Waals surface area contributed by atoms with E-state index in [9.17, 15) is 0 Å². The molecule has 0 spiro atoms. The highest BCUT2D eigenvalue weighted by Gasteiger charge is 2.05. The fourth-order valence-electron chi connectivity index (χ4n) is 1.77. The number of benzene rings is 1. The van der Waals surface area contributed by atoms with Gasteiger partial charge in [-0.2, -0.15) is 0 Å². The van der Waals surface area contributed by atoms with Crippen LogP contribution in [0.1, 0.15) is 24.2 Å². The van der Waals surface area contributed by atoms with Gasteiger partial charge in [0.15, 0.2) is 0 Å². The summed E-state index contributed by atoms with van der Waals surface area (Å²) in [6.07, 6.45) is 1.94. The monoisotopic (exact) mass is 230 g/mol. The lowest BCUT2D eigenvalue weighted by Gasteiger charge is -2.14. The Bertz CT molecular complexity index is 451. The Morgan fingerprint density at radius 3 is 2.88 bits per heavy atom. The van der Waals surface area contributed by atoms with E-state index in [1.54, 1.807) is 7.11 Å². The summed E-state index contributed by atoms with van der Waals surface area (Å²) in [5, 5.41) is 3.47. The lowest BCUT2D eigenvalue weighted by atomic mass is 10.1. The van der Waals surface area contributed by atoms with Gasteiger partial charge in [-0.15, -0.1) is 0 Å². The molecule has 2 aromatic rings. The highest BCUT2D eigenvalue weighted by Crippen LogP contribution is 2.18. The van der Waals surface area contributed by atoms with Gasteiger partial charge in [0, 0.05) is 24.5 Å². The topological polar surface area (TPSA) is 37.0 Å². The lowest BCUT2D eigenvalue weighted by molar-refractivity contribution is 0.413. The highest BCUT2D eigenvalue weighted by atomic mass is 16.5. The Hall–Kier alpha value is -1.74. The summed E-state index contributed by atoms with van der Waals surface area (Å²) in [6, 6.07) is 12.5. The number of H-pyrrole nitrogens is 1. The van der Waals surface area contributed by atoms with E-state index in [0.717, 1.165) is 12.3 Å². The van der Waals surface area contributed by atoms with Crippen molar-refractivity contribution in [3.05, 3.63) is 53.9 Å². The second kappa shape index (κ2) is 5.55. The zero-order chi connectivity index (χ0) is 12.1. The summed E-state index contributed by atoms with van der Waals surface area (Å²) in [7, 11) is 1.69. The van der Waals surface area contributed by atoms with Gasteiger partial charge in [-0.1, -0.05) is 12.1 Å². The molecule has 2 N–H and O–H groups in total. The molecule has 0 saturated carbocycles. The molecule has 0 radical (unpaired) electrons. The molecule has 0 fully saturated rings. The van der Waals surface area contributed by atoms with Crippen molar-refractivity contribution in [3.8, 4) is 5.75 Å². The number of aromatic nitrogens is 1. The van der Waals surface area contributed by atoms with E-state index in [1.807, 2.05) is 24.4 Å². The van der Waals surface area contributed by atoms with Gasteiger partial charge in [-0.25, -0.2) is 0 Å². The number of hydrogen-bond acceptors (Lipinski definition) is 2. The van der Waals surface area contributed by atoms with Crippen LogP contribution >= 0.6 is 0 Å². The first-order chi connectivity index (χ1) is 8.29. The quantitative estimate of drug-likeness (QED) is 0.828. The SMILES string of the molecule is COc1cccc([C@@H](C)NCc2ccc[nH]2)c1. The minimum absolute atomic E-state index is 0.299. The Kier molecular flexibility index (Phi) is 3.83. The van der Waals surface area contributed by atoms with Gasteiger partial charge in [0.2, 0.25) is 0 Å². The van der Waals surface area contributed by atoms with Crippen LogP contribution in [-0.4, -0.2) is 12.1 Å². The van der Waals surface area contributed by atoms with Crippen molar-refractivity contribution in [2.75, 3.05) is 7.11 Å². The largest absolute Gasteiger partial charge is 0.497 e. The summed E-state index contributed by atoms with van der Waals surface area (Å²) in [4.78, 5) is 3.18. The molecule has 0 aliphatic heterocycles. The zero-order valence-electron chi connectivity index (χ0n) is 10.2. The van der Waals surface area contributed by atoms with E-state index >= 15 is 0 Å². The van der Waals surface area contributed by atoms with Crippen molar-refractivity contribution in [1.82, 2.24) is 10.3 Å². The molecule has 17 heavy (non-hydrogen) atoms. The summed E-state index contributed by atoms with van der Waals surface area (Å²) in [5.41, 5.74) is 2.43. The highest BCUT2D eigenvalue weighted by molar-refractivity contribution is 5.30. The van der Waals surface area contributed by atoms with Crippen LogP contribution in [0.25, 0.3) is 0 Å². The standard InChI is InChI=1S/C14H18N2O/c1-11(16-10-13-6-4-8-15-13)12-5-3-7-14(9-12)17-2/h3-9,11,15-16H,10H2,1-2H3/t11-/m1/s1. The maximum atomic E-state index is 5.22. The van der Waals surface area contributed by atoms with E-state index in [-0.39, 0.29) is 0 Å². The van der Waals surface area contributed by atoms with Crippen LogP contribution in [0.5, 0.6) is 5.75 Å². The second-order valence-electron chi connectivity index (χ2n) is 4.07. The molecule has 3 nitrogen and oxygen atoms in total. The van der Waals surface area contributed by atoms with Crippen molar-refractivity contribution in [2.24, 2.45) is 0 Å². The van der Waals surface area contributed by atoms with E-state index in [2.05, 4.69) is 35.4 Å².